The number of carbonyl (C=O) groups excluding carboxylic acids is 1. The Kier molecular flexibility index (Phi) is 6.28. The molecule has 1 N–H and O–H groups in total. The lowest BCUT2D eigenvalue weighted by molar-refractivity contribution is -0.132. The SMILES string of the molecule is COc1cccc(N2CCN(CC(=O)N3CCN(c4ccc(O)cc4)CC3)CC2)c1. The van der Waals surface area contributed by atoms with E-state index in [0.717, 1.165) is 63.8 Å². The molecule has 2 aliphatic heterocycles. The predicted octanol–water partition coefficient (Wildman–Crippen LogP) is 1.87. The summed E-state index contributed by atoms with van der Waals surface area (Å²) in [6, 6.07) is 15.4. The van der Waals surface area contributed by atoms with Crippen molar-refractivity contribution < 1.29 is 14.6 Å². The molecule has 0 radical (unpaired) electrons. The van der Waals surface area contributed by atoms with Crippen LogP contribution in [0.2, 0.25) is 0 Å². The third kappa shape index (κ3) is 4.79. The molecule has 0 saturated carbocycles. The molecule has 160 valence electrons. The highest BCUT2D eigenvalue weighted by molar-refractivity contribution is 5.78. The standard InChI is InChI=1S/C23H30N4O3/c1-30-22-4-2-3-20(17-22)26-11-9-24(10-12-26)18-23(29)27-15-13-25(14-16-27)19-5-7-21(28)8-6-19/h2-8,17,28H,9-16,18H2,1H3. The molecule has 7 heteroatoms. The number of rotatable bonds is 5. The van der Waals surface area contributed by atoms with Gasteiger partial charge in [0.2, 0.25) is 5.91 Å². The fourth-order valence-corrected chi connectivity index (χ4v) is 4.14. The van der Waals surface area contributed by atoms with E-state index in [1.54, 1.807) is 19.2 Å². The van der Waals surface area contributed by atoms with E-state index in [0.29, 0.717) is 6.54 Å². The summed E-state index contributed by atoms with van der Waals surface area (Å²) in [6.45, 7) is 7.20. The summed E-state index contributed by atoms with van der Waals surface area (Å²) >= 11 is 0. The van der Waals surface area contributed by atoms with Crippen molar-refractivity contribution in [3.05, 3.63) is 48.5 Å². The molecule has 1 amide bonds. The van der Waals surface area contributed by atoms with E-state index in [1.807, 2.05) is 29.2 Å². The third-order valence-corrected chi connectivity index (χ3v) is 6.00. The van der Waals surface area contributed by atoms with Gasteiger partial charge in [0.25, 0.3) is 0 Å². The summed E-state index contributed by atoms with van der Waals surface area (Å²) in [6.07, 6.45) is 0. The summed E-state index contributed by atoms with van der Waals surface area (Å²) in [7, 11) is 1.69. The zero-order valence-electron chi connectivity index (χ0n) is 17.5. The molecule has 2 fully saturated rings. The Labute approximate surface area is 178 Å². The molecule has 7 nitrogen and oxygen atoms in total. The van der Waals surface area contributed by atoms with Crippen LogP contribution < -0.4 is 14.5 Å². The highest BCUT2D eigenvalue weighted by Gasteiger charge is 2.25. The van der Waals surface area contributed by atoms with Crippen LogP contribution >= 0.6 is 0 Å². The number of methoxy groups -OCH3 is 1. The summed E-state index contributed by atoms with van der Waals surface area (Å²) in [4.78, 5) is 21.6. The molecule has 2 aliphatic rings. The van der Waals surface area contributed by atoms with Gasteiger partial charge in [0.1, 0.15) is 11.5 Å². The van der Waals surface area contributed by atoms with Gasteiger partial charge < -0.3 is 24.5 Å². The summed E-state index contributed by atoms with van der Waals surface area (Å²) < 4.78 is 5.33. The highest BCUT2D eigenvalue weighted by Crippen LogP contribution is 2.22. The molecule has 4 rings (SSSR count). The molecule has 0 spiro atoms. The van der Waals surface area contributed by atoms with Crippen LogP contribution in [-0.4, -0.2) is 86.8 Å². The Balaban J connectivity index is 1.23. The second-order valence-corrected chi connectivity index (χ2v) is 7.85. The Hall–Kier alpha value is -2.93. The molecule has 30 heavy (non-hydrogen) atoms. The van der Waals surface area contributed by atoms with E-state index in [4.69, 9.17) is 4.74 Å². The van der Waals surface area contributed by atoms with Crippen LogP contribution in [0.15, 0.2) is 48.5 Å². The maximum absolute atomic E-state index is 12.8. The molecular formula is C23H30N4O3. The lowest BCUT2D eigenvalue weighted by atomic mass is 10.2. The number of piperazine rings is 2. The summed E-state index contributed by atoms with van der Waals surface area (Å²) in [5.41, 5.74) is 2.26. The first-order chi connectivity index (χ1) is 14.6. The monoisotopic (exact) mass is 410 g/mol. The van der Waals surface area contributed by atoms with Crippen molar-refractivity contribution in [2.24, 2.45) is 0 Å². The van der Waals surface area contributed by atoms with Gasteiger partial charge >= 0.3 is 0 Å². The van der Waals surface area contributed by atoms with Crippen LogP contribution in [0, 0.1) is 0 Å². The Morgan fingerprint density at radius 1 is 0.867 bits per heavy atom. The highest BCUT2D eigenvalue weighted by atomic mass is 16.5. The van der Waals surface area contributed by atoms with E-state index in [1.165, 1.54) is 5.69 Å². The molecule has 2 aromatic rings. The number of phenolic OH excluding ortho intramolecular Hbond substituents is 1. The maximum atomic E-state index is 12.8. The predicted molar refractivity (Wildman–Crippen MR) is 119 cm³/mol. The molecule has 0 aliphatic carbocycles. The van der Waals surface area contributed by atoms with Crippen molar-refractivity contribution in [3.63, 3.8) is 0 Å². The number of hydrogen-bond donors (Lipinski definition) is 1. The Morgan fingerprint density at radius 2 is 1.50 bits per heavy atom. The molecule has 0 atom stereocenters. The number of anilines is 2. The van der Waals surface area contributed by atoms with Crippen LogP contribution in [-0.2, 0) is 4.79 Å². The first-order valence-electron chi connectivity index (χ1n) is 10.6. The molecule has 0 aromatic heterocycles. The minimum atomic E-state index is 0.218. The normalized spacial score (nSPS) is 17.8. The largest absolute Gasteiger partial charge is 0.508 e. The second kappa shape index (κ2) is 9.26. The van der Waals surface area contributed by atoms with Gasteiger partial charge in [0, 0.05) is 69.8 Å². The molecule has 2 aromatic carbocycles. The first-order valence-corrected chi connectivity index (χ1v) is 10.6. The first kappa shape index (κ1) is 20.3. The average molecular weight is 411 g/mol. The number of carbonyl (C=O) groups is 1. The fraction of sp³-hybridized carbons (Fsp3) is 0.435. The second-order valence-electron chi connectivity index (χ2n) is 7.85. The number of amides is 1. The summed E-state index contributed by atoms with van der Waals surface area (Å²) in [5.74, 6) is 1.37. The molecule has 0 unspecified atom stereocenters. The zero-order chi connectivity index (χ0) is 20.9. The third-order valence-electron chi connectivity index (χ3n) is 6.00. The number of ether oxygens (including phenoxy) is 1. The van der Waals surface area contributed by atoms with Crippen molar-refractivity contribution in [1.82, 2.24) is 9.80 Å². The minimum absolute atomic E-state index is 0.218. The van der Waals surface area contributed by atoms with E-state index in [2.05, 4.69) is 26.8 Å². The van der Waals surface area contributed by atoms with E-state index >= 15 is 0 Å². The number of nitrogens with zero attached hydrogens (tertiary/aromatic N) is 4. The Bertz CT molecular complexity index is 842. The average Bonchev–Trinajstić information content (AvgIpc) is 2.80. The molecule has 2 saturated heterocycles. The number of benzene rings is 2. The van der Waals surface area contributed by atoms with Crippen LogP contribution in [0.5, 0.6) is 11.5 Å². The summed E-state index contributed by atoms with van der Waals surface area (Å²) in [5, 5.41) is 9.45. The quantitative estimate of drug-likeness (QED) is 0.812. The van der Waals surface area contributed by atoms with Crippen molar-refractivity contribution >= 4 is 17.3 Å². The van der Waals surface area contributed by atoms with Crippen LogP contribution in [0.4, 0.5) is 11.4 Å². The van der Waals surface area contributed by atoms with Gasteiger partial charge in [0.15, 0.2) is 0 Å². The number of aromatic hydroxyl groups is 1. The van der Waals surface area contributed by atoms with Crippen molar-refractivity contribution in [3.8, 4) is 11.5 Å². The van der Waals surface area contributed by atoms with Gasteiger partial charge in [-0.25, -0.2) is 0 Å². The van der Waals surface area contributed by atoms with Gasteiger partial charge in [-0.05, 0) is 36.4 Å². The van der Waals surface area contributed by atoms with Gasteiger partial charge in [0.05, 0.1) is 13.7 Å². The Morgan fingerprint density at radius 3 is 2.17 bits per heavy atom. The molecule has 2 heterocycles. The van der Waals surface area contributed by atoms with Crippen molar-refractivity contribution in [2.45, 2.75) is 0 Å². The smallest absolute Gasteiger partial charge is 0.236 e. The van der Waals surface area contributed by atoms with Crippen molar-refractivity contribution in [2.75, 3.05) is 75.8 Å². The minimum Gasteiger partial charge on any atom is -0.508 e. The topological polar surface area (TPSA) is 59.5 Å². The zero-order valence-corrected chi connectivity index (χ0v) is 17.5. The van der Waals surface area contributed by atoms with Crippen LogP contribution in [0.25, 0.3) is 0 Å². The maximum Gasteiger partial charge on any atom is 0.236 e. The van der Waals surface area contributed by atoms with Gasteiger partial charge in [-0.15, -0.1) is 0 Å². The number of phenols is 1. The van der Waals surface area contributed by atoms with Gasteiger partial charge in [-0.2, -0.15) is 0 Å². The van der Waals surface area contributed by atoms with E-state index in [-0.39, 0.29) is 11.7 Å². The van der Waals surface area contributed by atoms with Crippen LogP contribution in [0.3, 0.4) is 0 Å². The van der Waals surface area contributed by atoms with Gasteiger partial charge in [-0.3, -0.25) is 9.69 Å². The number of hydrogen-bond acceptors (Lipinski definition) is 6. The lowest BCUT2D eigenvalue weighted by Crippen LogP contribution is -2.54. The molecule has 0 bridgehead atoms. The van der Waals surface area contributed by atoms with Crippen molar-refractivity contribution in [1.29, 1.82) is 0 Å². The molecular weight excluding hydrogens is 380 g/mol. The van der Waals surface area contributed by atoms with Crippen LogP contribution in [0.1, 0.15) is 0 Å². The lowest BCUT2D eigenvalue weighted by Gasteiger charge is -2.39. The van der Waals surface area contributed by atoms with E-state index < -0.39 is 0 Å². The van der Waals surface area contributed by atoms with Gasteiger partial charge in [-0.1, -0.05) is 6.07 Å². The van der Waals surface area contributed by atoms with E-state index in [9.17, 15) is 9.90 Å². The fourth-order valence-electron chi connectivity index (χ4n) is 4.14.